The summed E-state index contributed by atoms with van der Waals surface area (Å²) in [6, 6.07) is 8.80. The second kappa shape index (κ2) is 12.5. The monoisotopic (exact) mass is 664 g/mol. The van der Waals surface area contributed by atoms with E-state index in [4.69, 9.17) is 21.1 Å². The standard InChI is InChI=1S/C39H42F2N6O2/c1-4-28-31(40)13-11-26-7-5-8-29(33(26)28)35-34(41)36-30(20-42-35)37(46-21-24-9-10-25(19-24)22-46)44-38(43-36)49-23-39-16-6-18-47(39)27(15-17-39)12-14-32(48)45(2)3/h1,5,7-8,11,13,20,24-25,27H,6,9-10,12,14-19,21-23H2,2-3H3/t24?,25?,27-,39+/m0/s1. The summed E-state index contributed by atoms with van der Waals surface area (Å²) in [5, 5.41) is 1.67. The topological polar surface area (TPSA) is 74.7 Å². The Hall–Kier alpha value is -4.36. The minimum Gasteiger partial charge on any atom is -0.461 e. The highest BCUT2D eigenvalue weighted by atomic mass is 19.1. The minimum absolute atomic E-state index is 0.0565. The summed E-state index contributed by atoms with van der Waals surface area (Å²) in [5.74, 6) is 3.27. The lowest BCUT2D eigenvalue weighted by molar-refractivity contribution is -0.129. The van der Waals surface area contributed by atoms with E-state index in [1.54, 1.807) is 43.4 Å². The van der Waals surface area contributed by atoms with Gasteiger partial charge in [0.15, 0.2) is 5.82 Å². The highest BCUT2D eigenvalue weighted by Gasteiger charge is 2.49. The van der Waals surface area contributed by atoms with Crippen LogP contribution in [0.25, 0.3) is 32.9 Å². The Bertz CT molecular complexity index is 1980. The van der Waals surface area contributed by atoms with E-state index in [1.165, 1.54) is 25.3 Å². The molecule has 0 radical (unpaired) electrons. The lowest BCUT2D eigenvalue weighted by atomic mass is 9.95. The Morgan fingerprint density at radius 2 is 1.92 bits per heavy atom. The molecule has 8 nitrogen and oxygen atoms in total. The van der Waals surface area contributed by atoms with Crippen LogP contribution in [0.1, 0.15) is 63.4 Å². The fraction of sp³-hybridized carbons (Fsp3) is 0.487. The van der Waals surface area contributed by atoms with Gasteiger partial charge in [-0.2, -0.15) is 9.97 Å². The minimum atomic E-state index is -0.613. The van der Waals surface area contributed by atoms with Crippen LogP contribution in [0, 0.1) is 35.8 Å². The Kier molecular flexibility index (Phi) is 8.14. The molecular formula is C39H42F2N6O2. The van der Waals surface area contributed by atoms with Crippen molar-refractivity contribution < 1.29 is 18.3 Å². The first-order valence-corrected chi connectivity index (χ1v) is 17.6. The number of halogens is 2. The molecule has 0 N–H and O–H groups in total. The SMILES string of the molecule is C#Cc1c(F)ccc2cccc(-c3ncc4c(N5CC6CCC(C6)C5)nc(OC[C@]56CCCN5[C@@H](CCC(=O)N(C)C)CC6)nc4c3F)c12. The summed E-state index contributed by atoms with van der Waals surface area (Å²) in [6.45, 7) is 3.07. The van der Waals surface area contributed by atoms with Crippen LogP contribution >= 0.6 is 0 Å². The van der Waals surface area contributed by atoms with Gasteiger partial charge in [-0.15, -0.1) is 6.42 Å². The molecule has 8 rings (SSSR count). The molecule has 4 aromatic rings. The summed E-state index contributed by atoms with van der Waals surface area (Å²) in [4.78, 5) is 33.1. The highest BCUT2D eigenvalue weighted by Crippen LogP contribution is 2.45. The number of hydrogen-bond acceptors (Lipinski definition) is 7. The summed E-state index contributed by atoms with van der Waals surface area (Å²) in [6.07, 6.45) is 16.4. The first-order valence-electron chi connectivity index (χ1n) is 17.6. The lowest BCUT2D eigenvalue weighted by Crippen LogP contribution is -2.47. The molecule has 2 bridgehead atoms. The molecule has 254 valence electrons. The largest absolute Gasteiger partial charge is 0.461 e. The van der Waals surface area contributed by atoms with Gasteiger partial charge in [-0.1, -0.05) is 30.2 Å². The third-order valence-corrected chi connectivity index (χ3v) is 11.6. The molecule has 4 fully saturated rings. The molecule has 49 heavy (non-hydrogen) atoms. The van der Waals surface area contributed by atoms with E-state index < -0.39 is 11.6 Å². The molecule has 2 unspecified atom stereocenters. The average Bonchev–Trinajstić information content (AvgIpc) is 3.78. The number of piperidine rings is 1. The van der Waals surface area contributed by atoms with E-state index in [9.17, 15) is 9.18 Å². The number of hydrogen-bond donors (Lipinski definition) is 0. The van der Waals surface area contributed by atoms with Crippen LogP contribution in [0.3, 0.4) is 0 Å². The molecule has 3 aliphatic heterocycles. The van der Waals surface area contributed by atoms with Crippen LogP contribution in [0.2, 0.25) is 0 Å². The Balaban J connectivity index is 1.17. The third kappa shape index (κ3) is 5.56. The number of nitrogens with zero attached hydrogens (tertiary/aromatic N) is 6. The van der Waals surface area contributed by atoms with E-state index in [0.29, 0.717) is 58.4 Å². The van der Waals surface area contributed by atoms with Crippen LogP contribution in [-0.4, -0.2) is 82.6 Å². The number of ether oxygens (including phenoxy) is 1. The van der Waals surface area contributed by atoms with Gasteiger partial charge in [0, 0.05) is 56.8 Å². The molecule has 1 saturated carbocycles. The summed E-state index contributed by atoms with van der Waals surface area (Å²) in [5.41, 5.74) is 0.516. The Morgan fingerprint density at radius 3 is 2.69 bits per heavy atom. The molecule has 3 saturated heterocycles. The smallest absolute Gasteiger partial charge is 0.319 e. The zero-order valence-corrected chi connectivity index (χ0v) is 28.2. The van der Waals surface area contributed by atoms with Crippen molar-refractivity contribution in [3.63, 3.8) is 0 Å². The molecule has 5 heterocycles. The van der Waals surface area contributed by atoms with Crippen molar-refractivity contribution in [2.45, 2.75) is 69.4 Å². The summed E-state index contributed by atoms with van der Waals surface area (Å²) < 4.78 is 38.3. The first kappa shape index (κ1) is 31.9. The van der Waals surface area contributed by atoms with Gasteiger partial charge < -0.3 is 14.5 Å². The number of aromatic nitrogens is 3. The Morgan fingerprint density at radius 1 is 1.10 bits per heavy atom. The van der Waals surface area contributed by atoms with E-state index in [2.05, 4.69) is 20.7 Å². The number of carbonyl (C=O) groups excluding carboxylic acids is 1. The number of terminal acetylenes is 1. The van der Waals surface area contributed by atoms with Gasteiger partial charge in [-0.3, -0.25) is 14.7 Å². The van der Waals surface area contributed by atoms with Gasteiger partial charge in [0.1, 0.15) is 29.5 Å². The first-order chi connectivity index (χ1) is 23.7. The summed E-state index contributed by atoms with van der Waals surface area (Å²) >= 11 is 0. The van der Waals surface area contributed by atoms with Crippen LogP contribution in [-0.2, 0) is 4.79 Å². The van der Waals surface area contributed by atoms with E-state index in [0.717, 1.165) is 51.7 Å². The molecule has 1 aliphatic carbocycles. The number of pyridine rings is 1. The Labute approximate surface area is 285 Å². The van der Waals surface area contributed by atoms with Crippen LogP contribution < -0.4 is 9.64 Å². The van der Waals surface area contributed by atoms with Crippen molar-refractivity contribution in [2.75, 3.05) is 45.2 Å². The van der Waals surface area contributed by atoms with Crippen LogP contribution in [0.5, 0.6) is 6.01 Å². The maximum Gasteiger partial charge on any atom is 0.319 e. The molecule has 4 atom stereocenters. The normalized spacial score (nSPS) is 24.8. The second-order valence-corrected chi connectivity index (χ2v) is 14.8. The van der Waals surface area contributed by atoms with E-state index in [1.807, 2.05) is 6.07 Å². The van der Waals surface area contributed by atoms with Crippen molar-refractivity contribution in [3.8, 4) is 29.6 Å². The van der Waals surface area contributed by atoms with Crippen molar-refractivity contribution in [3.05, 3.63) is 53.7 Å². The number of rotatable bonds is 8. The molecule has 4 aliphatic rings. The zero-order chi connectivity index (χ0) is 33.9. The number of carbonyl (C=O) groups is 1. The van der Waals surface area contributed by atoms with E-state index >= 15 is 4.39 Å². The van der Waals surface area contributed by atoms with Crippen LogP contribution in [0.15, 0.2) is 36.5 Å². The maximum absolute atomic E-state index is 16.9. The van der Waals surface area contributed by atoms with Crippen molar-refractivity contribution in [1.29, 1.82) is 0 Å². The molecule has 2 aromatic carbocycles. The van der Waals surface area contributed by atoms with Crippen LogP contribution in [0.4, 0.5) is 14.6 Å². The van der Waals surface area contributed by atoms with Gasteiger partial charge in [0.05, 0.1) is 16.5 Å². The van der Waals surface area contributed by atoms with Gasteiger partial charge >= 0.3 is 6.01 Å². The number of amides is 1. The fourth-order valence-electron chi connectivity index (χ4n) is 9.22. The number of fused-ring (bicyclic) bond motifs is 5. The molecule has 10 heteroatoms. The lowest BCUT2D eigenvalue weighted by Gasteiger charge is -2.35. The van der Waals surface area contributed by atoms with Crippen molar-refractivity contribution >= 4 is 33.4 Å². The molecule has 1 amide bonds. The molecule has 2 aromatic heterocycles. The maximum atomic E-state index is 16.9. The number of benzene rings is 2. The average molecular weight is 665 g/mol. The highest BCUT2D eigenvalue weighted by molar-refractivity contribution is 6.02. The van der Waals surface area contributed by atoms with Crippen molar-refractivity contribution in [2.24, 2.45) is 11.8 Å². The van der Waals surface area contributed by atoms with Gasteiger partial charge in [0.2, 0.25) is 5.91 Å². The van der Waals surface area contributed by atoms with Gasteiger partial charge in [0.25, 0.3) is 0 Å². The van der Waals surface area contributed by atoms with Gasteiger partial charge in [-0.05, 0) is 81.2 Å². The van der Waals surface area contributed by atoms with E-state index in [-0.39, 0.29) is 34.2 Å². The van der Waals surface area contributed by atoms with Crippen molar-refractivity contribution in [1.82, 2.24) is 24.8 Å². The predicted octanol–water partition coefficient (Wildman–Crippen LogP) is 6.59. The summed E-state index contributed by atoms with van der Waals surface area (Å²) in [7, 11) is 3.60. The van der Waals surface area contributed by atoms with Gasteiger partial charge in [-0.25, -0.2) is 8.78 Å². The quantitative estimate of drug-likeness (QED) is 0.197. The predicted molar refractivity (Wildman–Crippen MR) is 186 cm³/mol. The zero-order valence-electron chi connectivity index (χ0n) is 28.2. The fourth-order valence-corrected chi connectivity index (χ4v) is 9.22. The second-order valence-electron chi connectivity index (χ2n) is 14.8. The molecule has 0 spiro atoms. The third-order valence-electron chi connectivity index (χ3n) is 11.6. The molecular weight excluding hydrogens is 622 g/mol. The number of anilines is 1.